The SMILES string of the molecule is CCOc1cccc(CN)c1OCC(C)C. The Labute approximate surface area is 97.6 Å². The first-order chi connectivity index (χ1) is 7.69. The highest BCUT2D eigenvalue weighted by atomic mass is 16.5. The van der Waals surface area contributed by atoms with Gasteiger partial charge in [0.05, 0.1) is 13.2 Å². The van der Waals surface area contributed by atoms with E-state index in [-0.39, 0.29) is 0 Å². The van der Waals surface area contributed by atoms with Gasteiger partial charge in [0, 0.05) is 12.1 Å². The molecule has 3 heteroatoms. The molecule has 0 radical (unpaired) electrons. The minimum atomic E-state index is 0.467. The molecule has 1 aromatic rings. The fourth-order valence-corrected chi connectivity index (χ4v) is 1.41. The van der Waals surface area contributed by atoms with E-state index in [4.69, 9.17) is 15.2 Å². The quantitative estimate of drug-likeness (QED) is 0.806. The molecule has 0 aliphatic heterocycles. The van der Waals surface area contributed by atoms with Crippen molar-refractivity contribution in [2.45, 2.75) is 27.3 Å². The zero-order valence-corrected chi connectivity index (χ0v) is 10.3. The van der Waals surface area contributed by atoms with E-state index in [2.05, 4.69) is 13.8 Å². The number of rotatable bonds is 6. The Morgan fingerprint density at radius 1 is 1.25 bits per heavy atom. The van der Waals surface area contributed by atoms with Crippen molar-refractivity contribution in [2.24, 2.45) is 11.7 Å². The average molecular weight is 223 g/mol. The van der Waals surface area contributed by atoms with Crippen molar-refractivity contribution >= 4 is 0 Å². The highest BCUT2D eigenvalue weighted by molar-refractivity contribution is 5.46. The molecule has 3 nitrogen and oxygen atoms in total. The molecule has 0 atom stereocenters. The van der Waals surface area contributed by atoms with Crippen LogP contribution < -0.4 is 15.2 Å². The van der Waals surface area contributed by atoms with Crippen LogP contribution in [0.15, 0.2) is 18.2 Å². The summed E-state index contributed by atoms with van der Waals surface area (Å²) in [6.07, 6.45) is 0. The number of nitrogens with two attached hydrogens (primary N) is 1. The third-order valence-electron chi connectivity index (χ3n) is 2.14. The average Bonchev–Trinajstić information content (AvgIpc) is 2.27. The molecule has 2 N–H and O–H groups in total. The third kappa shape index (κ3) is 3.42. The molecule has 0 unspecified atom stereocenters. The predicted molar refractivity (Wildman–Crippen MR) is 65.8 cm³/mol. The van der Waals surface area contributed by atoms with Gasteiger partial charge in [-0.25, -0.2) is 0 Å². The Morgan fingerprint density at radius 3 is 2.56 bits per heavy atom. The molecular formula is C13H21NO2. The van der Waals surface area contributed by atoms with Crippen molar-refractivity contribution in [3.63, 3.8) is 0 Å². The van der Waals surface area contributed by atoms with Crippen molar-refractivity contribution in [2.75, 3.05) is 13.2 Å². The lowest BCUT2D eigenvalue weighted by molar-refractivity contribution is 0.246. The van der Waals surface area contributed by atoms with Gasteiger partial charge in [-0.05, 0) is 18.9 Å². The molecule has 0 saturated heterocycles. The largest absolute Gasteiger partial charge is 0.490 e. The monoisotopic (exact) mass is 223 g/mol. The minimum absolute atomic E-state index is 0.467. The fourth-order valence-electron chi connectivity index (χ4n) is 1.41. The Kier molecular flexibility index (Phi) is 5.12. The van der Waals surface area contributed by atoms with Crippen LogP contribution in [0.25, 0.3) is 0 Å². The molecular weight excluding hydrogens is 202 g/mol. The standard InChI is InChI=1S/C13H21NO2/c1-4-15-12-7-5-6-11(8-14)13(12)16-9-10(2)3/h5-7,10H,4,8-9,14H2,1-3H3. The van der Waals surface area contributed by atoms with E-state index in [1.807, 2.05) is 25.1 Å². The van der Waals surface area contributed by atoms with Crippen LogP contribution in [0.1, 0.15) is 26.3 Å². The Morgan fingerprint density at radius 2 is 2.00 bits per heavy atom. The van der Waals surface area contributed by atoms with E-state index in [0.29, 0.717) is 25.7 Å². The van der Waals surface area contributed by atoms with Gasteiger partial charge in [0.15, 0.2) is 11.5 Å². The van der Waals surface area contributed by atoms with Crippen molar-refractivity contribution in [3.05, 3.63) is 23.8 Å². The summed E-state index contributed by atoms with van der Waals surface area (Å²) in [6, 6.07) is 5.83. The third-order valence-corrected chi connectivity index (χ3v) is 2.14. The van der Waals surface area contributed by atoms with E-state index < -0.39 is 0 Å². The first-order valence-corrected chi connectivity index (χ1v) is 5.76. The second kappa shape index (κ2) is 6.38. The maximum atomic E-state index is 5.77. The van der Waals surface area contributed by atoms with Gasteiger partial charge in [-0.2, -0.15) is 0 Å². The highest BCUT2D eigenvalue weighted by Gasteiger charge is 2.10. The summed E-state index contributed by atoms with van der Waals surface area (Å²) >= 11 is 0. The highest BCUT2D eigenvalue weighted by Crippen LogP contribution is 2.31. The van der Waals surface area contributed by atoms with Crippen LogP contribution in [0.3, 0.4) is 0 Å². The van der Waals surface area contributed by atoms with Gasteiger partial charge in [0.25, 0.3) is 0 Å². The summed E-state index contributed by atoms with van der Waals surface area (Å²) in [5.41, 5.74) is 6.68. The van der Waals surface area contributed by atoms with E-state index in [9.17, 15) is 0 Å². The lowest BCUT2D eigenvalue weighted by Gasteiger charge is -2.16. The van der Waals surface area contributed by atoms with Gasteiger partial charge in [-0.1, -0.05) is 26.0 Å². The molecule has 16 heavy (non-hydrogen) atoms. The number of para-hydroxylation sites is 1. The smallest absolute Gasteiger partial charge is 0.165 e. The first-order valence-electron chi connectivity index (χ1n) is 5.76. The molecule has 0 fully saturated rings. The second-order valence-electron chi connectivity index (χ2n) is 4.09. The molecule has 0 aromatic heterocycles. The summed E-state index contributed by atoms with van der Waals surface area (Å²) in [5.74, 6) is 2.06. The van der Waals surface area contributed by atoms with Gasteiger partial charge < -0.3 is 15.2 Å². The lowest BCUT2D eigenvalue weighted by atomic mass is 10.2. The van der Waals surface area contributed by atoms with Gasteiger partial charge in [-0.3, -0.25) is 0 Å². The molecule has 0 bridgehead atoms. The van der Waals surface area contributed by atoms with E-state index in [0.717, 1.165) is 17.1 Å². The molecule has 90 valence electrons. The van der Waals surface area contributed by atoms with Crippen LogP contribution in [0.4, 0.5) is 0 Å². The van der Waals surface area contributed by atoms with Crippen molar-refractivity contribution < 1.29 is 9.47 Å². The lowest BCUT2D eigenvalue weighted by Crippen LogP contribution is -2.09. The summed E-state index contributed by atoms with van der Waals surface area (Å²) in [5, 5.41) is 0. The van der Waals surface area contributed by atoms with Crippen LogP contribution in [0.5, 0.6) is 11.5 Å². The molecule has 1 aromatic carbocycles. The molecule has 0 spiro atoms. The fraction of sp³-hybridized carbons (Fsp3) is 0.538. The molecule has 0 heterocycles. The van der Waals surface area contributed by atoms with Crippen molar-refractivity contribution in [1.29, 1.82) is 0 Å². The first kappa shape index (κ1) is 12.8. The number of ether oxygens (including phenoxy) is 2. The molecule has 1 rings (SSSR count). The van der Waals surface area contributed by atoms with E-state index >= 15 is 0 Å². The number of benzene rings is 1. The Bertz CT molecular complexity index is 324. The number of hydrogen-bond acceptors (Lipinski definition) is 3. The maximum Gasteiger partial charge on any atom is 0.165 e. The predicted octanol–water partition coefficient (Wildman–Crippen LogP) is 2.58. The van der Waals surface area contributed by atoms with E-state index in [1.165, 1.54) is 0 Å². The summed E-state index contributed by atoms with van der Waals surface area (Å²) in [4.78, 5) is 0. The van der Waals surface area contributed by atoms with Crippen molar-refractivity contribution in [1.82, 2.24) is 0 Å². The molecule has 0 saturated carbocycles. The topological polar surface area (TPSA) is 44.5 Å². The summed E-state index contributed by atoms with van der Waals surface area (Å²) in [6.45, 7) is 7.97. The summed E-state index contributed by atoms with van der Waals surface area (Å²) in [7, 11) is 0. The zero-order valence-electron chi connectivity index (χ0n) is 10.3. The van der Waals surface area contributed by atoms with Gasteiger partial charge in [0.1, 0.15) is 0 Å². The number of hydrogen-bond donors (Lipinski definition) is 1. The molecule has 0 amide bonds. The Hall–Kier alpha value is -1.22. The van der Waals surface area contributed by atoms with E-state index in [1.54, 1.807) is 0 Å². The maximum absolute atomic E-state index is 5.77. The van der Waals surface area contributed by atoms with Crippen LogP contribution in [-0.2, 0) is 6.54 Å². The molecule has 0 aliphatic carbocycles. The Balaban J connectivity index is 2.90. The van der Waals surface area contributed by atoms with Gasteiger partial charge >= 0.3 is 0 Å². The zero-order chi connectivity index (χ0) is 12.0. The van der Waals surface area contributed by atoms with Gasteiger partial charge in [0.2, 0.25) is 0 Å². The second-order valence-corrected chi connectivity index (χ2v) is 4.09. The van der Waals surface area contributed by atoms with Crippen molar-refractivity contribution in [3.8, 4) is 11.5 Å². The van der Waals surface area contributed by atoms with Crippen LogP contribution in [0.2, 0.25) is 0 Å². The van der Waals surface area contributed by atoms with Crippen LogP contribution >= 0.6 is 0 Å². The van der Waals surface area contributed by atoms with Gasteiger partial charge in [-0.15, -0.1) is 0 Å². The normalized spacial score (nSPS) is 10.6. The van der Waals surface area contributed by atoms with Crippen LogP contribution in [0, 0.1) is 5.92 Å². The van der Waals surface area contributed by atoms with Crippen LogP contribution in [-0.4, -0.2) is 13.2 Å². The minimum Gasteiger partial charge on any atom is -0.490 e. The molecule has 0 aliphatic rings. The summed E-state index contributed by atoms with van der Waals surface area (Å²) < 4.78 is 11.3.